The number of carbonyl (C=O) groups excluding carboxylic acids is 1. The summed E-state index contributed by atoms with van der Waals surface area (Å²) in [5, 5.41) is 0. The van der Waals surface area contributed by atoms with Crippen molar-refractivity contribution in [3.05, 3.63) is 23.9 Å². The molecule has 0 saturated carbocycles. The van der Waals surface area contributed by atoms with Crippen LogP contribution in [-0.4, -0.2) is 48.9 Å². The van der Waals surface area contributed by atoms with E-state index in [0.29, 0.717) is 11.1 Å². The van der Waals surface area contributed by atoms with E-state index >= 15 is 0 Å². The minimum atomic E-state index is 0.0379. The van der Waals surface area contributed by atoms with Crippen molar-refractivity contribution in [1.29, 1.82) is 0 Å². The van der Waals surface area contributed by atoms with Crippen molar-refractivity contribution in [2.45, 2.75) is 19.8 Å². The largest absolute Gasteiger partial charge is 0.357 e. The number of aromatic nitrogens is 1. The van der Waals surface area contributed by atoms with Crippen LogP contribution >= 0.6 is 0 Å². The SMILES string of the molecule is CC(=O)c1cccc(N2CCC3(CC2)CN(C)C3)n1. The van der Waals surface area contributed by atoms with Crippen LogP contribution in [0.25, 0.3) is 0 Å². The molecule has 0 amide bonds. The molecule has 2 saturated heterocycles. The summed E-state index contributed by atoms with van der Waals surface area (Å²) in [4.78, 5) is 20.6. The van der Waals surface area contributed by atoms with Gasteiger partial charge in [0.1, 0.15) is 11.5 Å². The van der Waals surface area contributed by atoms with Crippen molar-refractivity contribution < 1.29 is 4.79 Å². The third kappa shape index (κ3) is 2.37. The highest BCUT2D eigenvalue weighted by molar-refractivity contribution is 5.92. The summed E-state index contributed by atoms with van der Waals surface area (Å²) in [6, 6.07) is 5.73. The van der Waals surface area contributed by atoms with Crippen LogP contribution < -0.4 is 4.90 Å². The average Bonchev–Trinajstić information content (AvgIpc) is 2.38. The monoisotopic (exact) mass is 259 g/mol. The maximum absolute atomic E-state index is 11.4. The van der Waals surface area contributed by atoms with Crippen molar-refractivity contribution in [2.75, 3.05) is 38.1 Å². The van der Waals surface area contributed by atoms with Crippen molar-refractivity contribution in [3.63, 3.8) is 0 Å². The fourth-order valence-corrected chi connectivity index (χ4v) is 3.42. The van der Waals surface area contributed by atoms with Gasteiger partial charge in [-0.05, 0) is 37.4 Å². The van der Waals surface area contributed by atoms with Crippen LogP contribution in [0.3, 0.4) is 0 Å². The highest BCUT2D eigenvalue weighted by atomic mass is 16.1. The third-order valence-corrected chi connectivity index (χ3v) is 4.45. The number of carbonyl (C=O) groups is 1. The molecule has 3 rings (SSSR count). The quantitative estimate of drug-likeness (QED) is 0.759. The summed E-state index contributed by atoms with van der Waals surface area (Å²) >= 11 is 0. The van der Waals surface area contributed by atoms with E-state index in [4.69, 9.17) is 0 Å². The van der Waals surface area contributed by atoms with Gasteiger partial charge in [-0.15, -0.1) is 0 Å². The summed E-state index contributed by atoms with van der Waals surface area (Å²) in [6.07, 6.45) is 2.48. The molecule has 0 bridgehead atoms. The van der Waals surface area contributed by atoms with Crippen LogP contribution in [0.1, 0.15) is 30.3 Å². The molecule has 1 spiro atoms. The van der Waals surface area contributed by atoms with Crippen LogP contribution in [0.5, 0.6) is 0 Å². The molecule has 0 aromatic carbocycles. The Kier molecular flexibility index (Phi) is 3.05. The van der Waals surface area contributed by atoms with E-state index in [2.05, 4.69) is 21.8 Å². The molecule has 19 heavy (non-hydrogen) atoms. The number of rotatable bonds is 2. The molecular formula is C15H21N3O. The Hall–Kier alpha value is -1.42. The zero-order valence-electron chi connectivity index (χ0n) is 11.7. The van der Waals surface area contributed by atoms with Crippen molar-refractivity contribution in [1.82, 2.24) is 9.88 Å². The first kappa shape index (κ1) is 12.6. The predicted molar refractivity (Wildman–Crippen MR) is 75.6 cm³/mol. The summed E-state index contributed by atoms with van der Waals surface area (Å²) in [6.45, 7) is 6.16. The summed E-state index contributed by atoms with van der Waals surface area (Å²) < 4.78 is 0. The second kappa shape index (κ2) is 4.60. The molecule has 4 nitrogen and oxygen atoms in total. The summed E-state index contributed by atoms with van der Waals surface area (Å²) in [5.74, 6) is 0.992. The van der Waals surface area contributed by atoms with Gasteiger partial charge in [-0.3, -0.25) is 4.79 Å². The lowest BCUT2D eigenvalue weighted by Gasteiger charge is -2.53. The van der Waals surface area contributed by atoms with E-state index in [1.807, 2.05) is 12.1 Å². The number of hydrogen-bond acceptors (Lipinski definition) is 4. The van der Waals surface area contributed by atoms with E-state index in [0.717, 1.165) is 18.9 Å². The van der Waals surface area contributed by atoms with Gasteiger partial charge in [-0.1, -0.05) is 6.07 Å². The van der Waals surface area contributed by atoms with Gasteiger partial charge in [-0.25, -0.2) is 4.98 Å². The molecule has 1 aromatic heterocycles. The zero-order chi connectivity index (χ0) is 13.5. The number of likely N-dealkylation sites (tertiary alicyclic amines) is 1. The molecule has 1 aromatic rings. The second-order valence-electron chi connectivity index (χ2n) is 6.10. The molecule has 0 unspecified atom stereocenters. The van der Waals surface area contributed by atoms with Crippen LogP contribution in [0, 0.1) is 5.41 Å². The van der Waals surface area contributed by atoms with E-state index in [9.17, 15) is 4.79 Å². The number of Topliss-reactive ketones (excluding diaryl/α,β-unsaturated/α-hetero) is 1. The number of nitrogens with zero attached hydrogens (tertiary/aromatic N) is 3. The summed E-state index contributed by atoms with van der Waals surface area (Å²) in [7, 11) is 2.19. The molecule has 0 N–H and O–H groups in total. The van der Waals surface area contributed by atoms with Gasteiger partial charge in [0.15, 0.2) is 5.78 Å². The Bertz CT molecular complexity index is 484. The minimum Gasteiger partial charge on any atom is -0.357 e. The van der Waals surface area contributed by atoms with Gasteiger partial charge in [0.2, 0.25) is 0 Å². The first-order valence-electron chi connectivity index (χ1n) is 7.00. The fraction of sp³-hybridized carbons (Fsp3) is 0.600. The van der Waals surface area contributed by atoms with E-state index < -0.39 is 0 Å². The Balaban J connectivity index is 1.68. The Morgan fingerprint density at radius 2 is 1.95 bits per heavy atom. The molecule has 3 heterocycles. The van der Waals surface area contributed by atoms with Crippen molar-refractivity contribution in [2.24, 2.45) is 5.41 Å². The second-order valence-corrected chi connectivity index (χ2v) is 6.10. The molecule has 102 valence electrons. The average molecular weight is 259 g/mol. The maximum Gasteiger partial charge on any atom is 0.178 e. The molecule has 0 aliphatic carbocycles. The van der Waals surface area contributed by atoms with Crippen molar-refractivity contribution >= 4 is 11.6 Å². The maximum atomic E-state index is 11.4. The first-order chi connectivity index (χ1) is 9.08. The Morgan fingerprint density at radius 3 is 2.53 bits per heavy atom. The lowest BCUT2D eigenvalue weighted by atomic mass is 9.72. The lowest BCUT2D eigenvalue weighted by molar-refractivity contribution is 0.00121. The van der Waals surface area contributed by atoms with Gasteiger partial charge in [0, 0.05) is 33.1 Å². The minimum absolute atomic E-state index is 0.0379. The van der Waals surface area contributed by atoms with Gasteiger partial charge in [0.05, 0.1) is 0 Å². The Morgan fingerprint density at radius 1 is 1.26 bits per heavy atom. The predicted octanol–water partition coefficient (Wildman–Crippen LogP) is 1.82. The van der Waals surface area contributed by atoms with Crippen LogP contribution in [-0.2, 0) is 0 Å². The lowest BCUT2D eigenvalue weighted by Crippen LogP contribution is -2.58. The van der Waals surface area contributed by atoms with Crippen molar-refractivity contribution in [3.8, 4) is 0 Å². The van der Waals surface area contributed by atoms with Crippen LogP contribution in [0.2, 0.25) is 0 Å². The Labute approximate surface area is 114 Å². The van der Waals surface area contributed by atoms with E-state index in [1.165, 1.54) is 25.9 Å². The molecule has 0 atom stereocenters. The fourth-order valence-electron chi connectivity index (χ4n) is 3.42. The molecule has 0 radical (unpaired) electrons. The standard InChI is InChI=1S/C15H21N3O/c1-12(19)13-4-3-5-14(16-13)18-8-6-15(7-9-18)10-17(2)11-15/h3-5H,6-11H2,1-2H3. The topological polar surface area (TPSA) is 36.4 Å². The van der Waals surface area contributed by atoms with Crippen LogP contribution in [0.4, 0.5) is 5.82 Å². The zero-order valence-corrected chi connectivity index (χ0v) is 11.7. The molecule has 2 aliphatic rings. The summed E-state index contributed by atoms with van der Waals surface area (Å²) in [5.41, 5.74) is 1.13. The molecule has 4 heteroatoms. The molecule has 2 fully saturated rings. The number of pyridine rings is 1. The highest BCUT2D eigenvalue weighted by Gasteiger charge is 2.43. The van der Waals surface area contributed by atoms with Gasteiger partial charge >= 0.3 is 0 Å². The number of anilines is 1. The van der Waals surface area contributed by atoms with Gasteiger partial charge in [0.25, 0.3) is 0 Å². The van der Waals surface area contributed by atoms with Gasteiger partial charge < -0.3 is 9.80 Å². The van der Waals surface area contributed by atoms with E-state index in [-0.39, 0.29) is 5.78 Å². The smallest absolute Gasteiger partial charge is 0.178 e. The third-order valence-electron chi connectivity index (χ3n) is 4.45. The highest BCUT2D eigenvalue weighted by Crippen LogP contribution is 2.40. The number of piperidine rings is 1. The van der Waals surface area contributed by atoms with Gasteiger partial charge in [-0.2, -0.15) is 0 Å². The molecular weight excluding hydrogens is 238 g/mol. The first-order valence-corrected chi connectivity index (χ1v) is 7.00. The molecule has 2 aliphatic heterocycles. The van der Waals surface area contributed by atoms with Crippen LogP contribution in [0.15, 0.2) is 18.2 Å². The normalized spacial score (nSPS) is 22.3. The number of hydrogen-bond donors (Lipinski definition) is 0. The number of ketones is 1. The van der Waals surface area contributed by atoms with E-state index in [1.54, 1.807) is 13.0 Å².